The van der Waals surface area contributed by atoms with Crippen LogP contribution in [0.25, 0.3) is 0 Å². The number of carboxylic acids is 1. The predicted octanol–water partition coefficient (Wildman–Crippen LogP) is 3.64. The van der Waals surface area contributed by atoms with Gasteiger partial charge in [-0.15, -0.1) is 0 Å². The molecule has 0 radical (unpaired) electrons. The summed E-state index contributed by atoms with van der Waals surface area (Å²) in [6.45, 7) is 1.91. The summed E-state index contributed by atoms with van der Waals surface area (Å²) in [6, 6.07) is 6.86. The van der Waals surface area contributed by atoms with Crippen LogP contribution in [0.3, 0.4) is 0 Å². The number of ether oxygens (including phenoxy) is 2. The van der Waals surface area contributed by atoms with Gasteiger partial charge in [-0.05, 0) is 31.2 Å². The van der Waals surface area contributed by atoms with Gasteiger partial charge in [0.25, 0.3) is 0 Å². The van der Waals surface area contributed by atoms with Crippen molar-refractivity contribution < 1.29 is 23.8 Å². The summed E-state index contributed by atoms with van der Waals surface area (Å²) in [4.78, 5) is 10.8. The highest BCUT2D eigenvalue weighted by Crippen LogP contribution is 2.31. The molecule has 6 heteroatoms. The molecule has 0 aliphatic rings. The standard InChI is InChI=1S/C14H13BrO5/c1-8-9(5-13(20-8)14(16)17)7-19-11-4-3-10(15)6-12(11)18-2/h3-6H,7H2,1-2H3,(H,16,17). The molecule has 0 saturated heterocycles. The molecule has 0 bridgehead atoms. The molecule has 0 aliphatic heterocycles. The lowest BCUT2D eigenvalue weighted by molar-refractivity contribution is 0.0661. The highest BCUT2D eigenvalue weighted by atomic mass is 79.9. The topological polar surface area (TPSA) is 68.9 Å². The van der Waals surface area contributed by atoms with E-state index >= 15 is 0 Å². The van der Waals surface area contributed by atoms with Crippen molar-refractivity contribution in [2.24, 2.45) is 0 Å². The number of aromatic carboxylic acids is 1. The van der Waals surface area contributed by atoms with E-state index in [1.165, 1.54) is 6.07 Å². The van der Waals surface area contributed by atoms with Gasteiger partial charge in [0.05, 0.1) is 7.11 Å². The second-order valence-corrected chi connectivity index (χ2v) is 5.00. The minimum atomic E-state index is -1.10. The Morgan fingerprint density at radius 3 is 2.70 bits per heavy atom. The monoisotopic (exact) mass is 340 g/mol. The van der Waals surface area contributed by atoms with Gasteiger partial charge < -0.3 is 19.0 Å². The zero-order valence-corrected chi connectivity index (χ0v) is 12.6. The molecule has 0 amide bonds. The summed E-state index contributed by atoms with van der Waals surface area (Å²) in [5.74, 6) is 0.509. The molecule has 1 aromatic heterocycles. The molecule has 2 aromatic rings. The average Bonchev–Trinajstić information content (AvgIpc) is 2.79. The molecule has 0 spiro atoms. The number of hydrogen-bond acceptors (Lipinski definition) is 4. The molecule has 0 unspecified atom stereocenters. The van der Waals surface area contributed by atoms with Crippen LogP contribution < -0.4 is 9.47 Å². The molecule has 5 nitrogen and oxygen atoms in total. The van der Waals surface area contributed by atoms with Gasteiger partial charge in [0.2, 0.25) is 5.76 Å². The Bertz CT molecular complexity index is 632. The third-order valence-corrected chi connectivity index (χ3v) is 3.23. The summed E-state index contributed by atoms with van der Waals surface area (Å²) in [5, 5.41) is 8.86. The van der Waals surface area contributed by atoms with E-state index in [0.717, 1.165) is 4.47 Å². The molecule has 1 N–H and O–H groups in total. The first-order valence-electron chi connectivity index (χ1n) is 5.80. The SMILES string of the molecule is COc1cc(Br)ccc1OCc1cc(C(=O)O)oc1C. The van der Waals surface area contributed by atoms with Gasteiger partial charge in [-0.25, -0.2) is 4.79 Å². The molecule has 1 aromatic carbocycles. The van der Waals surface area contributed by atoms with Crippen molar-refractivity contribution >= 4 is 21.9 Å². The molecule has 106 valence electrons. The van der Waals surface area contributed by atoms with Crippen molar-refractivity contribution in [3.8, 4) is 11.5 Å². The van der Waals surface area contributed by atoms with Crippen LogP contribution in [-0.4, -0.2) is 18.2 Å². The lowest BCUT2D eigenvalue weighted by Crippen LogP contribution is -1.98. The molecule has 2 rings (SSSR count). The minimum Gasteiger partial charge on any atom is -0.493 e. The summed E-state index contributed by atoms with van der Waals surface area (Å²) < 4.78 is 16.9. The first kappa shape index (κ1) is 14.5. The van der Waals surface area contributed by atoms with Crippen LogP contribution in [0.15, 0.2) is 33.2 Å². The van der Waals surface area contributed by atoms with Gasteiger partial charge in [0, 0.05) is 10.0 Å². The lowest BCUT2D eigenvalue weighted by atomic mass is 10.2. The number of hydrogen-bond donors (Lipinski definition) is 1. The molecule has 1 heterocycles. The highest BCUT2D eigenvalue weighted by Gasteiger charge is 2.14. The van der Waals surface area contributed by atoms with E-state index in [4.69, 9.17) is 19.0 Å². The summed E-state index contributed by atoms with van der Waals surface area (Å²) in [5.41, 5.74) is 0.687. The molecular formula is C14H13BrO5. The Labute approximate surface area is 124 Å². The Balaban J connectivity index is 2.14. The van der Waals surface area contributed by atoms with E-state index < -0.39 is 5.97 Å². The van der Waals surface area contributed by atoms with Gasteiger partial charge >= 0.3 is 5.97 Å². The van der Waals surface area contributed by atoms with E-state index in [2.05, 4.69) is 15.9 Å². The first-order chi connectivity index (χ1) is 9.51. The zero-order valence-electron chi connectivity index (χ0n) is 11.0. The van der Waals surface area contributed by atoms with Gasteiger partial charge in [-0.3, -0.25) is 0 Å². The Morgan fingerprint density at radius 1 is 1.35 bits per heavy atom. The number of benzene rings is 1. The number of carboxylic acid groups (broad SMARTS) is 1. The van der Waals surface area contributed by atoms with E-state index in [1.807, 2.05) is 6.07 Å². The fraction of sp³-hybridized carbons (Fsp3) is 0.214. The summed E-state index contributed by atoms with van der Waals surface area (Å²) >= 11 is 3.35. The van der Waals surface area contributed by atoms with Crippen LogP contribution in [0.5, 0.6) is 11.5 Å². The van der Waals surface area contributed by atoms with Crippen molar-refractivity contribution in [2.45, 2.75) is 13.5 Å². The third-order valence-electron chi connectivity index (χ3n) is 2.74. The van der Waals surface area contributed by atoms with Crippen LogP contribution >= 0.6 is 15.9 Å². The number of furan rings is 1. The number of aryl methyl sites for hydroxylation is 1. The maximum atomic E-state index is 10.8. The largest absolute Gasteiger partial charge is 0.493 e. The smallest absolute Gasteiger partial charge is 0.371 e. The van der Waals surface area contributed by atoms with Crippen molar-refractivity contribution in [3.63, 3.8) is 0 Å². The number of methoxy groups -OCH3 is 1. The first-order valence-corrected chi connectivity index (χ1v) is 6.59. The maximum absolute atomic E-state index is 10.8. The van der Waals surface area contributed by atoms with E-state index in [1.54, 1.807) is 26.2 Å². The lowest BCUT2D eigenvalue weighted by Gasteiger charge is -2.10. The maximum Gasteiger partial charge on any atom is 0.371 e. The predicted molar refractivity (Wildman–Crippen MR) is 75.4 cm³/mol. The Morgan fingerprint density at radius 2 is 2.10 bits per heavy atom. The molecule has 0 atom stereocenters. The Hall–Kier alpha value is -1.95. The Kier molecular flexibility index (Phi) is 4.34. The average molecular weight is 341 g/mol. The van der Waals surface area contributed by atoms with Crippen LogP contribution in [0.4, 0.5) is 0 Å². The molecule has 0 aliphatic carbocycles. The number of halogens is 1. The molecule has 0 fully saturated rings. The second kappa shape index (κ2) is 6.00. The van der Waals surface area contributed by atoms with E-state index in [9.17, 15) is 4.79 Å². The fourth-order valence-electron chi connectivity index (χ4n) is 1.68. The number of carbonyl (C=O) groups is 1. The zero-order chi connectivity index (χ0) is 14.7. The van der Waals surface area contributed by atoms with Gasteiger partial charge in [-0.2, -0.15) is 0 Å². The summed E-state index contributed by atoms with van der Waals surface area (Å²) in [7, 11) is 1.56. The van der Waals surface area contributed by atoms with Crippen LogP contribution in [-0.2, 0) is 6.61 Å². The van der Waals surface area contributed by atoms with Crippen molar-refractivity contribution in [1.29, 1.82) is 0 Å². The molecular weight excluding hydrogens is 328 g/mol. The quantitative estimate of drug-likeness (QED) is 0.899. The number of rotatable bonds is 5. The normalized spacial score (nSPS) is 10.3. The van der Waals surface area contributed by atoms with Crippen molar-refractivity contribution in [1.82, 2.24) is 0 Å². The van der Waals surface area contributed by atoms with Crippen LogP contribution in [0.2, 0.25) is 0 Å². The third kappa shape index (κ3) is 3.14. The van der Waals surface area contributed by atoms with Gasteiger partial charge in [0.1, 0.15) is 12.4 Å². The van der Waals surface area contributed by atoms with Crippen molar-refractivity contribution in [2.75, 3.05) is 7.11 Å². The second-order valence-electron chi connectivity index (χ2n) is 4.08. The van der Waals surface area contributed by atoms with Gasteiger partial charge in [-0.1, -0.05) is 15.9 Å². The highest BCUT2D eigenvalue weighted by molar-refractivity contribution is 9.10. The van der Waals surface area contributed by atoms with Crippen LogP contribution in [0, 0.1) is 6.92 Å². The van der Waals surface area contributed by atoms with Crippen molar-refractivity contribution in [3.05, 3.63) is 45.8 Å². The van der Waals surface area contributed by atoms with Gasteiger partial charge in [0.15, 0.2) is 11.5 Å². The summed E-state index contributed by atoms with van der Waals surface area (Å²) in [6.07, 6.45) is 0. The van der Waals surface area contributed by atoms with E-state index in [0.29, 0.717) is 22.8 Å². The molecule has 0 saturated carbocycles. The van der Waals surface area contributed by atoms with E-state index in [-0.39, 0.29) is 12.4 Å². The minimum absolute atomic E-state index is 0.0936. The fourth-order valence-corrected chi connectivity index (χ4v) is 2.02. The van der Waals surface area contributed by atoms with Crippen LogP contribution in [0.1, 0.15) is 21.9 Å². The molecule has 20 heavy (non-hydrogen) atoms.